The summed E-state index contributed by atoms with van der Waals surface area (Å²) in [6, 6.07) is 18.7. The molecule has 0 spiro atoms. The third-order valence-corrected chi connectivity index (χ3v) is 5.28. The number of hydrogen-bond acceptors (Lipinski definition) is 4. The van der Waals surface area contributed by atoms with E-state index in [2.05, 4.69) is 10.6 Å². The molecule has 0 saturated heterocycles. The highest BCUT2D eigenvalue weighted by Gasteiger charge is 2.38. The SMILES string of the molecule is O=C(C[C@H]1C(=O)Nc2ccccc2N1C(=O)c1cccs1)Nc1ccccc1. The number of benzene rings is 2. The second kappa shape index (κ2) is 7.66. The summed E-state index contributed by atoms with van der Waals surface area (Å²) in [6.07, 6.45) is -0.147. The molecule has 28 heavy (non-hydrogen) atoms. The molecule has 7 heteroatoms. The van der Waals surface area contributed by atoms with Gasteiger partial charge in [0.25, 0.3) is 5.91 Å². The molecular formula is C21H17N3O3S. The highest BCUT2D eigenvalue weighted by atomic mass is 32.1. The number of hydrogen-bond donors (Lipinski definition) is 2. The van der Waals surface area contributed by atoms with Gasteiger partial charge in [-0.1, -0.05) is 36.4 Å². The number of amides is 3. The number of carbonyl (C=O) groups excluding carboxylic acids is 3. The van der Waals surface area contributed by atoms with Gasteiger partial charge >= 0.3 is 0 Å². The average Bonchev–Trinajstić information content (AvgIpc) is 3.24. The number of carbonyl (C=O) groups is 3. The summed E-state index contributed by atoms with van der Waals surface area (Å²) in [5.41, 5.74) is 1.77. The van der Waals surface area contributed by atoms with Gasteiger partial charge in [-0.2, -0.15) is 0 Å². The summed E-state index contributed by atoms with van der Waals surface area (Å²) in [4.78, 5) is 40.4. The monoisotopic (exact) mass is 391 g/mol. The second-order valence-corrected chi connectivity index (χ2v) is 7.24. The molecule has 1 atom stereocenters. The van der Waals surface area contributed by atoms with Gasteiger partial charge in [0.1, 0.15) is 6.04 Å². The Labute approximate surface area is 165 Å². The van der Waals surface area contributed by atoms with Crippen LogP contribution in [0.25, 0.3) is 0 Å². The zero-order valence-corrected chi connectivity index (χ0v) is 15.6. The summed E-state index contributed by atoms with van der Waals surface area (Å²) in [7, 11) is 0. The van der Waals surface area contributed by atoms with Crippen molar-refractivity contribution in [2.24, 2.45) is 0 Å². The van der Waals surface area contributed by atoms with Crippen LogP contribution in [0.1, 0.15) is 16.1 Å². The fourth-order valence-electron chi connectivity index (χ4n) is 3.15. The van der Waals surface area contributed by atoms with Crippen LogP contribution in [0.15, 0.2) is 72.1 Å². The minimum Gasteiger partial charge on any atom is -0.326 e. The lowest BCUT2D eigenvalue weighted by molar-refractivity contribution is -0.122. The quantitative estimate of drug-likeness (QED) is 0.711. The summed E-state index contributed by atoms with van der Waals surface area (Å²) in [6.45, 7) is 0. The van der Waals surface area contributed by atoms with Crippen molar-refractivity contribution >= 4 is 46.1 Å². The van der Waals surface area contributed by atoms with Gasteiger partial charge in [0.15, 0.2) is 0 Å². The molecule has 3 amide bonds. The van der Waals surface area contributed by atoms with Gasteiger partial charge in [-0.3, -0.25) is 19.3 Å². The Morgan fingerprint density at radius 3 is 2.50 bits per heavy atom. The number of rotatable bonds is 4. The van der Waals surface area contributed by atoms with E-state index in [9.17, 15) is 14.4 Å². The summed E-state index contributed by atoms with van der Waals surface area (Å²) < 4.78 is 0. The summed E-state index contributed by atoms with van der Waals surface area (Å²) in [5, 5.41) is 7.38. The lowest BCUT2D eigenvalue weighted by Crippen LogP contribution is -2.52. The molecule has 3 aromatic rings. The van der Waals surface area contributed by atoms with E-state index in [0.29, 0.717) is 21.9 Å². The normalized spacial score (nSPS) is 15.5. The Hall–Kier alpha value is -3.45. The van der Waals surface area contributed by atoms with Gasteiger partial charge < -0.3 is 10.6 Å². The lowest BCUT2D eigenvalue weighted by Gasteiger charge is -2.35. The third-order valence-electron chi connectivity index (χ3n) is 4.42. The zero-order chi connectivity index (χ0) is 19.5. The van der Waals surface area contributed by atoms with Crippen molar-refractivity contribution < 1.29 is 14.4 Å². The molecule has 6 nitrogen and oxygen atoms in total. The smallest absolute Gasteiger partial charge is 0.269 e. The predicted molar refractivity (Wildman–Crippen MR) is 110 cm³/mol. The standard InChI is InChI=1S/C21H17N3O3S/c25-19(22-14-7-2-1-3-8-14)13-17-20(26)23-15-9-4-5-10-16(15)24(17)21(27)18-11-6-12-28-18/h1-12,17H,13H2,(H,22,25)(H,23,26)/t17-/m0/s1. The van der Waals surface area contributed by atoms with E-state index in [0.717, 1.165) is 0 Å². The molecule has 0 radical (unpaired) electrons. The summed E-state index contributed by atoms with van der Waals surface area (Å²) >= 11 is 1.30. The Bertz CT molecular complexity index is 1020. The van der Waals surface area contributed by atoms with Crippen molar-refractivity contribution in [1.29, 1.82) is 0 Å². The van der Waals surface area contributed by atoms with Crippen molar-refractivity contribution in [3.63, 3.8) is 0 Å². The molecule has 1 aromatic heterocycles. The van der Waals surface area contributed by atoms with Crippen LogP contribution in [0.4, 0.5) is 17.1 Å². The molecule has 2 heterocycles. The van der Waals surface area contributed by atoms with E-state index in [1.807, 2.05) is 18.2 Å². The number of anilines is 3. The molecule has 2 aromatic carbocycles. The first-order valence-corrected chi connectivity index (χ1v) is 9.63. The van der Waals surface area contributed by atoms with E-state index in [4.69, 9.17) is 0 Å². The van der Waals surface area contributed by atoms with Crippen LogP contribution in [0.3, 0.4) is 0 Å². The fraction of sp³-hybridized carbons (Fsp3) is 0.0952. The maximum Gasteiger partial charge on any atom is 0.269 e. The van der Waals surface area contributed by atoms with E-state index >= 15 is 0 Å². The molecule has 1 aliphatic rings. The van der Waals surface area contributed by atoms with Crippen LogP contribution in [-0.4, -0.2) is 23.8 Å². The van der Waals surface area contributed by atoms with E-state index in [-0.39, 0.29) is 24.1 Å². The van der Waals surface area contributed by atoms with Crippen molar-refractivity contribution in [1.82, 2.24) is 0 Å². The Balaban J connectivity index is 1.64. The van der Waals surface area contributed by atoms with Gasteiger partial charge in [0, 0.05) is 5.69 Å². The van der Waals surface area contributed by atoms with Gasteiger partial charge in [-0.25, -0.2) is 0 Å². The molecular weight excluding hydrogens is 374 g/mol. The van der Waals surface area contributed by atoms with E-state index in [1.54, 1.807) is 53.9 Å². The van der Waals surface area contributed by atoms with Crippen LogP contribution >= 0.6 is 11.3 Å². The van der Waals surface area contributed by atoms with Crippen LogP contribution in [-0.2, 0) is 9.59 Å². The van der Waals surface area contributed by atoms with Crippen LogP contribution < -0.4 is 15.5 Å². The first-order valence-electron chi connectivity index (χ1n) is 8.75. The van der Waals surface area contributed by atoms with Crippen LogP contribution in [0.5, 0.6) is 0 Å². The molecule has 0 bridgehead atoms. The molecule has 0 fully saturated rings. The predicted octanol–water partition coefficient (Wildman–Crippen LogP) is 3.74. The van der Waals surface area contributed by atoms with Crippen LogP contribution in [0, 0.1) is 0 Å². The van der Waals surface area contributed by atoms with Gasteiger partial charge in [0.05, 0.1) is 22.7 Å². The maximum atomic E-state index is 13.1. The molecule has 140 valence electrons. The largest absolute Gasteiger partial charge is 0.326 e. The zero-order valence-electron chi connectivity index (χ0n) is 14.8. The number of nitrogens with one attached hydrogen (secondary N) is 2. The highest BCUT2D eigenvalue weighted by molar-refractivity contribution is 7.12. The highest BCUT2D eigenvalue weighted by Crippen LogP contribution is 2.34. The Kier molecular flexibility index (Phi) is 4.90. The molecule has 0 unspecified atom stereocenters. The molecule has 1 aliphatic heterocycles. The molecule has 4 rings (SSSR count). The van der Waals surface area contributed by atoms with E-state index < -0.39 is 6.04 Å². The maximum absolute atomic E-state index is 13.1. The van der Waals surface area contributed by atoms with Crippen molar-refractivity contribution in [2.75, 3.05) is 15.5 Å². The molecule has 0 aliphatic carbocycles. The number of fused-ring (bicyclic) bond motifs is 1. The van der Waals surface area contributed by atoms with Gasteiger partial charge in [-0.15, -0.1) is 11.3 Å². The first kappa shape index (κ1) is 17.9. The second-order valence-electron chi connectivity index (χ2n) is 6.29. The minimum absolute atomic E-state index is 0.147. The first-order chi connectivity index (χ1) is 13.6. The van der Waals surface area contributed by atoms with Crippen molar-refractivity contribution in [3.8, 4) is 0 Å². The Morgan fingerprint density at radius 2 is 1.75 bits per heavy atom. The molecule has 0 saturated carbocycles. The van der Waals surface area contributed by atoms with Gasteiger partial charge in [0.2, 0.25) is 11.8 Å². The minimum atomic E-state index is -0.937. The van der Waals surface area contributed by atoms with Crippen LogP contribution in [0.2, 0.25) is 0 Å². The number of thiophene rings is 1. The van der Waals surface area contributed by atoms with Gasteiger partial charge in [-0.05, 0) is 35.7 Å². The molecule has 2 N–H and O–H groups in total. The summed E-state index contributed by atoms with van der Waals surface area (Å²) in [5.74, 6) is -1.02. The van der Waals surface area contributed by atoms with Crippen molar-refractivity contribution in [2.45, 2.75) is 12.5 Å². The third kappa shape index (κ3) is 3.52. The lowest BCUT2D eigenvalue weighted by atomic mass is 10.0. The average molecular weight is 391 g/mol. The number of nitrogens with zero attached hydrogens (tertiary/aromatic N) is 1. The number of para-hydroxylation sites is 3. The Morgan fingerprint density at radius 1 is 1.00 bits per heavy atom. The fourth-order valence-corrected chi connectivity index (χ4v) is 3.81. The van der Waals surface area contributed by atoms with Crippen molar-refractivity contribution in [3.05, 3.63) is 77.0 Å². The topological polar surface area (TPSA) is 78.5 Å². The van der Waals surface area contributed by atoms with E-state index in [1.165, 1.54) is 16.2 Å².